The van der Waals surface area contributed by atoms with E-state index in [0.717, 1.165) is 5.39 Å². The lowest BCUT2D eigenvalue weighted by Gasteiger charge is -2.18. The molecule has 0 aliphatic heterocycles. The van der Waals surface area contributed by atoms with Crippen LogP contribution in [0.2, 0.25) is 0 Å². The van der Waals surface area contributed by atoms with Gasteiger partial charge in [0.15, 0.2) is 5.82 Å². The summed E-state index contributed by atoms with van der Waals surface area (Å²) in [5.74, 6) is 0.123. The number of aliphatic hydroxyl groups is 2. The number of nitrogens with one attached hydrogen (secondary N) is 2. The SMILES string of the molecule is CC(=O)NCC(O)C(O)c1ccc2c(N)n[nH]c2c1. The van der Waals surface area contributed by atoms with Crippen LogP contribution in [0.4, 0.5) is 5.82 Å². The largest absolute Gasteiger partial charge is 0.388 e. The minimum absolute atomic E-state index is 0.0142. The van der Waals surface area contributed by atoms with Gasteiger partial charge in [0, 0.05) is 18.9 Å². The number of aromatic nitrogens is 2. The number of H-pyrrole nitrogens is 1. The van der Waals surface area contributed by atoms with E-state index in [1.807, 2.05) is 0 Å². The fraction of sp³-hybridized carbons (Fsp3) is 0.333. The maximum Gasteiger partial charge on any atom is 0.216 e. The zero-order valence-electron chi connectivity index (χ0n) is 10.4. The van der Waals surface area contributed by atoms with Crippen LogP contribution in [-0.4, -0.2) is 39.0 Å². The Morgan fingerprint density at radius 3 is 2.95 bits per heavy atom. The Balaban J connectivity index is 2.16. The van der Waals surface area contributed by atoms with Gasteiger partial charge < -0.3 is 21.3 Å². The molecule has 19 heavy (non-hydrogen) atoms. The Labute approximate surface area is 109 Å². The van der Waals surface area contributed by atoms with Crippen molar-refractivity contribution in [2.75, 3.05) is 12.3 Å². The van der Waals surface area contributed by atoms with Crippen LogP contribution < -0.4 is 11.1 Å². The van der Waals surface area contributed by atoms with E-state index in [4.69, 9.17) is 5.73 Å². The van der Waals surface area contributed by atoms with E-state index in [1.165, 1.54) is 6.92 Å². The highest BCUT2D eigenvalue weighted by Crippen LogP contribution is 2.23. The first kappa shape index (κ1) is 13.3. The molecule has 2 rings (SSSR count). The summed E-state index contributed by atoms with van der Waals surface area (Å²) in [6, 6.07) is 5.05. The number of aromatic amines is 1. The summed E-state index contributed by atoms with van der Waals surface area (Å²) in [5.41, 5.74) is 6.84. The molecule has 0 aliphatic rings. The van der Waals surface area contributed by atoms with E-state index in [1.54, 1.807) is 18.2 Å². The fourth-order valence-electron chi connectivity index (χ4n) is 1.82. The molecule has 7 heteroatoms. The van der Waals surface area contributed by atoms with Crippen molar-refractivity contribution < 1.29 is 15.0 Å². The molecule has 0 saturated carbocycles. The predicted molar refractivity (Wildman–Crippen MR) is 70.2 cm³/mol. The Bertz CT molecular complexity index is 596. The summed E-state index contributed by atoms with van der Waals surface area (Å²) < 4.78 is 0. The average molecular weight is 264 g/mol. The number of aliphatic hydroxyl groups excluding tert-OH is 2. The lowest BCUT2D eigenvalue weighted by molar-refractivity contribution is -0.119. The van der Waals surface area contributed by atoms with Crippen molar-refractivity contribution in [2.45, 2.75) is 19.1 Å². The van der Waals surface area contributed by atoms with Gasteiger partial charge >= 0.3 is 0 Å². The number of nitrogen functional groups attached to an aromatic ring is 1. The van der Waals surface area contributed by atoms with E-state index in [-0.39, 0.29) is 12.5 Å². The standard InChI is InChI=1S/C12H16N4O3/c1-6(17)14-5-10(18)11(19)7-2-3-8-9(4-7)15-16-12(8)13/h2-4,10-11,18-19H,5H2,1H3,(H,14,17)(H3,13,15,16). The molecular formula is C12H16N4O3. The quantitative estimate of drug-likeness (QED) is 0.517. The second-order valence-corrected chi connectivity index (χ2v) is 4.36. The van der Waals surface area contributed by atoms with Gasteiger partial charge in [-0.05, 0) is 17.7 Å². The number of amides is 1. The molecule has 6 N–H and O–H groups in total. The van der Waals surface area contributed by atoms with E-state index in [0.29, 0.717) is 16.9 Å². The van der Waals surface area contributed by atoms with Crippen LogP contribution >= 0.6 is 0 Å². The molecule has 2 atom stereocenters. The summed E-state index contributed by atoms with van der Waals surface area (Å²) in [6.07, 6.45) is -2.18. The molecule has 7 nitrogen and oxygen atoms in total. The van der Waals surface area contributed by atoms with Crippen LogP contribution in [0.3, 0.4) is 0 Å². The maximum atomic E-state index is 10.8. The number of fused-ring (bicyclic) bond motifs is 1. The first-order chi connectivity index (χ1) is 8.99. The Hall–Kier alpha value is -2.12. The molecule has 0 bridgehead atoms. The zero-order chi connectivity index (χ0) is 14.0. The molecule has 0 saturated heterocycles. The number of carbonyl (C=O) groups excluding carboxylic acids is 1. The molecule has 1 aromatic heterocycles. The number of hydrogen-bond donors (Lipinski definition) is 5. The summed E-state index contributed by atoms with van der Waals surface area (Å²) in [7, 11) is 0. The third-order valence-corrected chi connectivity index (χ3v) is 2.88. The van der Waals surface area contributed by atoms with Crippen LogP contribution in [0.1, 0.15) is 18.6 Å². The average Bonchev–Trinajstić information content (AvgIpc) is 2.76. The van der Waals surface area contributed by atoms with Crippen LogP contribution in [0, 0.1) is 0 Å². The van der Waals surface area contributed by atoms with Crippen molar-refractivity contribution in [1.82, 2.24) is 15.5 Å². The van der Waals surface area contributed by atoms with Crippen molar-refractivity contribution in [3.05, 3.63) is 23.8 Å². The highest BCUT2D eigenvalue weighted by atomic mass is 16.3. The monoisotopic (exact) mass is 264 g/mol. The van der Waals surface area contributed by atoms with Crippen molar-refractivity contribution in [3.63, 3.8) is 0 Å². The van der Waals surface area contributed by atoms with Crippen LogP contribution in [0.25, 0.3) is 10.9 Å². The topological polar surface area (TPSA) is 124 Å². The smallest absolute Gasteiger partial charge is 0.216 e. The number of hydrogen-bond acceptors (Lipinski definition) is 5. The molecule has 0 radical (unpaired) electrons. The maximum absolute atomic E-state index is 10.8. The van der Waals surface area contributed by atoms with Crippen molar-refractivity contribution in [3.8, 4) is 0 Å². The first-order valence-electron chi connectivity index (χ1n) is 5.83. The zero-order valence-corrected chi connectivity index (χ0v) is 10.4. The Kier molecular flexibility index (Phi) is 3.68. The minimum atomic E-state index is -1.10. The number of anilines is 1. The number of nitrogens with zero attached hydrogens (tertiary/aromatic N) is 1. The highest BCUT2D eigenvalue weighted by Gasteiger charge is 2.19. The van der Waals surface area contributed by atoms with Crippen LogP contribution in [-0.2, 0) is 4.79 Å². The molecule has 1 aromatic carbocycles. The minimum Gasteiger partial charge on any atom is -0.388 e. The van der Waals surface area contributed by atoms with Crippen LogP contribution in [0.5, 0.6) is 0 Å². The van der Waals surface area contributed by atoms with Gasteiger partial charge in [-0.15, -0.1) is 0 Å². The molecule has 0 aliphatic carbocycles. The van der Waals surface area contributed by atoms with Crippen LogP contribution in [0.15, 0.2) is 18.2 Å². The molecule has 2 unspecified atom stereocenters. The van der Waals surface area contributed by atoms with Gasteiger partial charge in [0.05, 0.1) is 5.52 Å². The van der Waals surface area contributed by atoms with E-state index in [9.17, 15) is 15.0 Å². The summed E-state index contributed by atoms with van der Waals surface area (Å²) in [5, 5.41) is 29.6. The second kappa shape index (κ2) is 5.25. The molecule has 1 heterocycles. The van der Waals surface area contributed by atoms with Crippen molar-refractivity contribution in [2.24, 2.45) is 0 Å². The van der Waals surface area contributed by atoms with Gasteiger partial charge in [0.25, 0.3) is 0 Å². The Morgan fingerprint density at radius 1 is 1.53 bits per heavy atom. The fourth-order valence-corrected chi connectivity index (χ4v) is 1.82. The van der Waals surface area contributed by atoms with Gasteiger partial charge in [0.1, 0.15) is 12.2 Å². The van der Waals surface area contributed by atoms with Crippen molar-refractivity contribution in [1.29, 1.82) is 0 Å². The van der Waals surface area contributed by atoms with Gasteiger partial charge in [-0.1, -0.05) is 6.07 Å². The normalized spacial score (nSPS) is 14.3. The summed E-state index contributed by atoms with van der Waals surface area (Å²) in [4.78, 5) is 10.8. The molecule has 102 valence electrons. The lowest BCUT2D eigenvalue weighted by atomic mass is 10.0. The summed E-state index contributed by atoms with van der Waals surface area (Å²) >= 11 is 0. The molecule has 0 fully saturated rings. The molecule has 0 spiro atoms. The lowest BCUT2D eigenvalue weighted by Crippen LogP contribution is -2.34. The van der Waals surface area contributed by atoms with Gasteiger partial charge in [-0.2, -0.15) is 5.10 Å². The van der Waals surface area contributed by atoms with Gasteiger partial charge in [0.2, 0.25) is 5.91 Å². The predicted octanol–water partition coefficient (Wildman–Crippen LogP) is -0.325. The molecular weight excluding hydrogens is 248 g/mol. The van der Waals surface area contributed by atoms with Gasteiger partial charge in [-0.25, -0.2) is 0 Å². The number of rotatable bonds is 4. The number of benzene rings is 1. The summed E-state index contributed by atoms with van der Waals surface area (Å²) in [6.45, 7) is 1.33. The molecule has 2 aromatic rings. The van der Waals surface area contributed by atoms with E-state index in [2.05, 4.69) is 15.5 Å². The number of carbonyl (C=O) groups is 1. The second-order valence-electron chi connectivity index (χ2n) is 4.36. The highest BCUT2D eigenvalue weighted by molar-refractivity contribution is 5.88. The van der Waals surface area contributed by atoms with Gasteiger partial charge in [-0.3, -0.25) is 9.89 Å². The third-order valence-electron chi connectivity index (χ3n) is 2.88. The number of nitrogens with two attached hydrogens (primary N) is 1. The Morgan fingerprint density at radius 2 is 2.26 bits per heavy atom. The van der Waals surface area contributed by atoms with E-state index < -0.39 is 12.2 Å². The van der Waals surface area contributed by atoms with Crippen molar-refractivity contribution >= 4 is 22.6 Å². The first-order valence-corrected chi connectivity index (χ1v) is 5.83. The molecule has 1 amide bonds. The third kappa shape index (κ3) is 2.83. The van der Waals surface area contributed by atoms with E-state index >= 15 is 0 Å².